The molecule has 6 rings (SSSR count). The van der Waals surface area contributed by atoms with Crippen LogP contribution in [-0.2, 0) is 0 Å². The van der Waals surface area contributed by atoms with Crippen LogP contribution in [-0.4, -0.2) is 55.3 Å². The molecule has 0 amide bonds. The van der Waals surface area contributed by atoms with Crippen molar-refractivity contribution in [2.75, 3.05) is 54.4 Å². The van der Waals surface area contributed by atoms with Crippen LogP contribution in [0.1, 0.15) is 13.8 Å². The molecule has 0 saturated carbocycles. The first-order valence-corrected chi connectivity index (χ1v) is 12.5. The molecule has 4 aromatic rings. The zero-order valence-corrected chi connectivity index (χ0v) is 20.7. The van der Waals surface area contributed by atoms with Gasteiger partial charge >= 0.3 is 0 Å². The van der Waals surface area contributed by atoms with Crippen LogP contribution in [0.4, 0.5) is 32.0 Å². The fourth-order valence-corrected chi connectivity index (χ4v) is 4.93. The molecule has 10 heteroatoms. The minimum absolute atomic E-state index is 0.00872. The molecule has 0 atom stereocenters. The van der Waals surface area contributed by atoms with Crippen LogP contribution in [0.5, 0.6) is 5.75 Å². The lowest BCUT2D eigenvalue weighted by atomic mass is 10.1. The van der Waals surface area contributed by atoms with Crippen LogP contribution in [0.2, 0.25) is 0 Å². The molecule has 1 saturated heterocycles. The molecule has 37 heavy (non-hydrogen) atoms. The van der Waals surface area contributed by atoms with E-state index in [1.165, 1.54) is 6.07 Å². The van der Waals surface area contributed by atoms with Gasteiger partial charge in [-0.3, -0.25) is 5.32 Å². The van der Waals surface area contributed by atoms with Crippen molar-refractivity contribution in [3.8, 4) is 17.0 Å². The predicted octanol–water partition coefficient (Wildman–Crippen LogP) is 4.93. The number of benzene rings is 2. The zero-order valence-electron chi connectivity index (χ0n) is 20.7. The summed E-state index contributed by atoms with van der Waals surface area (Å²) in [7, 11) is 0. The molecule has 0 spiro atoms. The molecular formula is C27H28F2N6O2. The van der Waals surface area contributed by atoms with Crippen LogP contribution in [0.3, 0.4) is 0 Å². The van der Waals surface area contributed by atoms with Gasteiger partial charge in [-0.2, -0.15) is 0 Å². The summed E-state index contributed by atoms with van der Waals surface area (Å²) in [5.41, 5.74) is 2.73. The van der Waals surface area contributed by atoms with Crippen molar-refractivity contribution < 1.29 is 17.9 Å². The fraction of sp³-hybridized carbons (Fsp3) is 0.333. The highest BCUT2D eigenvalue weighted by Gasteiger charge is 2.26. The van der Waals surface area contributed by atoms with Crippen LogP contribution < -0.4 is 25.2 Å². The normalized spacial score (nSPS) is 15.7. The monoisotopic (exact) mass is 506 g/mol. The van der Waals surface area contributed by atoms with E-state index in [1.807, 2.05) is 36.9 Å². The second-order valence-electron chi connectivity index (χ2n) is 9.53. The van der Waals surface area contributed by atoms with E-state index in [-0.39, 0.29) is 23.4 Å². The van der Waals surface area contributed by atoms with E-state index in [2.05, 4.69) is 31.6 Å². The number of rotatable bonds is 5. The topological polar surface area (TPSA) is 78.7 Å². The van der Waals surface area contributed by atoms with Gasteiger partial charge in [0.25, 0.3) is 0 Å². The molecule has 2 N–H and O–H groups in total. The Hall–Kier alpha value is -3.92. The van der Waals surface area contributed by atoms with Gasteiger partial charge in [-0.15, -0.1) is 0 Å². The summed E-state index contributed by atoms with van der Waals surface area (Å²) in [6, 6.07) is 11.0. The molecule has 0 aliphatic carbocycles. The predicted molar refractivity (Wildman–Crippen MR) is 140 cm³/mol. The number of nitrogens with zero attached hydrogens (tertiary/aromatic N) is 4. The number of fused-ring (bicyclic) bond motifs is 2. The first-order valence-electron chi connectivity index (χ1n) is 12.5. The summed E-state index contributed by atoms with van der Waals surface area (Å²) >= 11 is 0. The number of anilines is 4. The van der Waals surface area contributed by atoms with Crippen LogP contribution in [0.15, 0.2) is 47.0 Å². The van der Waals surface area contributed by atoms with E-state index in [9.17, 15) is 8.78 Å². The maximum Gasteiger partial charge on any atom is 0.230 e. The van der Waals surface area contributed by atoms with Gasteiger partial charge in [0.05, 0.1) is 18.4 Å². The number of piperazine rings is 1. The number of halogens is 2. The number of aromatic nitrogens is 2. The molecule has 8 nitrogen and oxygen atoms in total. The van der Waals surface area contributed by atoms with Crippen molar-refractivity contribution in [2.24, 2.45) is 0 Å². The first kappa shape index (κ1) is 23.5. The van der Waals surface area contributed by atoms with E-state index < -0.39 is 11.6 Å². The summed E-state index contributed by atoms with van der Waals surface area (Å²) in [4.78, 5) is 12.8. The molecule has 192 valence electrons. The van der Waals surface area contributed by atoms with Crippen molar-refractivity contribution in [3.05, 3.63) is 54.2 Å². The summed E-state index contributed by atoms with van der Waals surface area (Å²) in [5, 5.41) is 7.32. The molecule has 2 aromatic heterocycles. The lowest BCUT2D eigenvalue weighted by Gasteiger charge is -2.34. The van der Waals surface area contributed by atoms with Gasteiger partial charge in [0.1, 0.15) is 17.9 Å². The Kier molecular flexibility index (Phi) is 6.03. The number of hydrogen-bond acceptors (Lipinski definition) is 8. The third-order valence-electron chi connectivity index (χ3n) is 6.77. The maximum atomic E-state index is 15.0. The Morgan fingerprint density at radius 2 is 1.86 bits per heavy atom. The molecule has 2 aliphatic rings. The lowest BCUT2D eigenvalue weighted by molar-refractivity contribution is 0.287. The number of nitrogens with one attached hydrogen (secondary N) is 2. The Morgan fingerprint density at radius 3 is 2.68 bits per heavy atom. The molecular weight excluding hydrogens is 478 g/mol. The molecule has 2 aliphatic heterocycles. The Bertz CT molecular complexity index is 1450. The minimum Gasteiger partial charge on any atom is -0.486 e. The van der Waals surface area contributed by atoms with E-state index in [0.29, 0.717) is 35.9 Å². The largest absolute Gasteiger partial charge is 0.486 e. The van der Waals surface area contributed by atoms with Crippen LogP contribution in [0, 0.1) is 11.6 Å². The van der Waals surface area contributed by atoms with Crippen LogP contribution in [0.25, 0.3) is 22.2 Å². The highest BCUT2D eigenvalue weighted by atomic mass is 19.1. The molecule has 0 unspecified atom stereocenters. The van der Waals surface area contributed by atoms with Crippen molar-refractivity contribution in [1.82, 2.24) is 15.3 Å². The second-order valence-corrected chi connectivity index (χ2v) is 9.53. The average Bonchev–Trinajstić information content (AvgIpc) is 3.31. The van der Waals surface area contributed by atoms with Gasteiger partial charge in [-0.05, 0) is 44.2 Å². The maximum absolute atomic E-state index is 15.0. The van der Waals surface area contributed by atoms with E-state index in [4.69, 9.17) is 9.15 Å². The standard InChI is InChI=1S/C27H28F2N6O2/c1-16(2)35-9-10-36-26-20(28)12-18(13-22(26)35)25-21(29)15-31-27(33-25)32-24-14-17-11-19(3-4-23(17)37-24)34-7-5-30-6-8-34/h3-4,11-16,30H,5-10H2,1-2H3,(H,31,32,33). The highest BCUT2D eigenvalue weighted by molar-refractivity contribution is 5.85. The zero-order chi connectivity index (χ0) is 25.5. The van der Waals surface area contributed by atoms with Crippen LogP contribution >= 0.6 is 0 Å². The Morgan fingerprint density at radius 1 is 1.03 bits per heavy atom. The highest BCUT2D eigenvalue weighted by Crippen LogP contribution is 2.39. The smallest absolute Gasteiger partial charge is 0.230 e. The Balaban J connectivity index is 1.30. The molecule has 0 bridgehead atoms. The second kappa shape index (κ2) is 9.51. The number of hydrogen-bond donors (Lipinski definition) is 2. The third-order valence-corrected chi connectivity index (χ3v) is 6.77. The molecule has 2 aromatic carbocycles. The van der Waals surface area contributed by atoms with E-state index in [0.717, 1.165) is 43.4 Å². The van der Waals surface area contributed by atoms with Gasteiger partial charge in [-0.25, -0.2) is 18.7 Å². The SMILES string of the molecule is CC(C)N1CCOc2c(F)cc(-c3nc(Nc4cc5cc(N6CCNCC6)ccc5o4)ncc3F)cc21. The summed E-state index contributed by atoms with van der Waals surface area (Å²) in [5.74, 6) is -0.446. The van der Waals surface area contributed by atoms with Crippen molar-refractivity contribution in [2.45, 2.75) is 19.9 Å². The first-order chi connectivity index (χ1) is 18.0. The van der Waals surface area contributed by atoms with Gasteiger partial charge in [-0.1, -0.05) is 0 Å². The summed E-state index contributed by atoms with van der Waals surface area (Å²) in [6.07, 6.45) is 1.07. The van der Waals surface area contributed by atoms with Gasteiger partial charge in [0, 0.05) is 54.9 Å². The van der Waals surface area contributed by atoms with E-state index >= 15 is 0 Å². The summed E-state index contributed by atoms with van der Waals surface area (Å²) in [6.45, 7) is 8.87. The Labute approximate surface area is 213 Å². The molecule has 1 fully saturated rings. The fourth-order valence-electron chi connectivity index (χ4n) is 4.93. The lowest BCUT2D eigenvalue weighted by Crippen LogP contribution is -2.43. The number of furan rings is 1. The van der Waals surface area contributed by atoms with E-state index in [1.54, 1.807) is 6.07 Å². The van der Waals surface area contributed by atoms with Crippen molar-refractivity contribution in [3.63, 3.8) is 0 Å². The minimum atomic E-state index is -0.650. The number of ether oxygens (including phenoxy) is 1. The average molecular weight is 507 g/mol. The van der Waals surface area contributed by atoms with Crippen molar-refractivity contribution >= 4 is 34.2 Å². The van der Waals surface area contributed by atoms with Gasteiger partial charge < -0.3 is 24.3 Å². The van der Waals surface area contributed by atoms with Gasteiger partial charge in [0.2, 0.25) is 11.8 Å². The van der Waals surface area contributed by atoms with Crippen molar-refractivity contribution in [1.29, 1.82) is 0 Å². The molecule has 4 heterocycles. The van der Waals surface area contributed by atoms with Gasteiger partial charge in [0.15, 0.2) is 17.4 Å². The third kappa shape index (κ3) is 4.53. The molecule has 0 radical (unpaired) electrons. The quantitative estimate of drug-likeness (QED) is 0.395. The summed E-state index contributed by atoms with van der Waals surface area (Å²) < 4.78 is 41.3.